The van der Waals surface area contributed by atoms with Crippen LogP contribution in [-0.4, -0.2) is 43.8 Å². The van der Waals surface area contributed by atoms with Crippen LogP contribution in [0.3, 0.4) is 0 Å². The lowest BCUT2D eigenvalue weighted by molar-refractivity contribution is 0.117. The van der Waals surface area contributed by atoms with Gasteiger partial charge in [-0.1, -0.05) is 26.7 Å². The van der Waals surface area contributed by atoms with E-state index in [0.717, 1.165) is 26.1 Å². The maximum Gasteiger partial charge on any atom is 0.0589 e. The highest BCUT2D eigenvalue weighted by Crippen LogP contribution is 2.07. The lowest BCUT2D eigenvalue weighted by Gasteiger charge is -2.30. The van der Waals surface area contributed by atoms with Crippen molar-refractivity contribution in [3.63, 3.8) is 0 Å². The number of hydrogen-bond donors (Lipinski definition) is 1. The third-order valence-corrected chi connectivity index (χ3v) is 3.19. The summed E-state index contributed by atoms with van der Waals surface area (Å²) >= 11 is 0. The zero-order valence-corrected chi connectivity index (χ0v) is 11.5. The van der Waals surface area contributed by atoms with E-state index in [0.29, 0.717) is 12.1 Å². The summed E-state index contributed by atoms with van der Waals surface area (Å²) in [5, 5.41) is 0. The molecular formula is C13H30N2O. The lowest BCUT2D eigenvalue weighted by Crippen LogP contribution is -2.43. The van der Waals surface area contributed by atoms with Crippen molar-refractivity contribution in [1.29, 1.82) is 0 Å². The third kappa shape index (κ3) is 7.20. The standard InChI is InChI=1S/C13H30N2O/c1-5-7-8-13(14)11-15(9-10-16-4)12(3)6-2/h12-13H,5-11,14H2,1-4H3. The quantitative estimate of drug-likeness (QED) is 0.625. The van der Waals surface area contributed by atoms with Crippen molar-refractivity contribution in [2.24, 2.45) is 5.73 Å². The summed E-state index contributed by atoms with van der Waals surface area (Å²) in [5.41, 5.74) is 6.14. The first kappa shape index (κ1) is 15.9. The number of nitrogens with zero attached hydrogens (tertiary/aromatic N) is 1. The molecule has 3 heteroatoms. The van der Waals surface area contributed by atoms with Crippen LogP contribution in [-0.2, 0) is 4.74 Å². The summed E-state index contributed by atoms with van der Waals surface area (Å²) in [4.78, 5) is 2.45. The van der Waals surface area contributed by atoms with Crippen molar-refractivity contribution in [1.82, 2.24) is 4.90 Å². The van der Waals surface area contributed by atoms with Gasteiger partial charge in [-0.3, -0.25) is 4.90 Å². The van der Waals surface area contributed by atoms with Crippen molar-refractivity contribution in [3.05, 3.63) is 0 Å². The van der Waals surface area contributed by atoms with Gasteiger partial charge in [0.25, 0.3) is 0 Å². The average molecular weight is 230 g/mol. The highest BCUT2D eigenvalue weighted by molar-refractivity contribution is 4.72. The van der Waals surface area contributed by atoms with Crippen molar-refractivity contribution in [3.8, 4) is 0 Å². The SMILES string of the molecule is CCCCC(N)CN(CCOC)C(C)CC. The first-order valence-electron chi connectivity index (χ1n) is 6.64. The number of unbranched alkanes of at least 4 members (excludes halogenated alkanes) is 1. The van der Waals surface area contributed by atoms with Gasteiger partial charge in [0.05, 0.1) is 6.61 Å². The number of rotatable bonds is 10. The Kier molecular flexibility index (Phi) is 9.99. The molecule has 0 saturated heterocycles. The van der Waals surface area contributed by atoms with Gasteiger partial charge in [-0.05, 0) is 19.8 Å². The maximum absolute atomic E-state index is 6.14. The van der Waals surface area contributed by atoms with E-state index in [2.05, 4.69) is 25.7 Å². The molecule has 0 rings (SSSR count). The molecule has 0 amide bonds. The molecule has 2 atom stereocenters. The molecule has 0 saturated carbocycles. The summed E-state index contributed by atoms with van der Waals surface area (Å²) in [6, 6.07) is 0.911. The number of methoxy groups -OCH3 is 1. The topological polar surface area (TPSA) is 38.5 Å². The lowest BCUT2D eigenvalue weighted by atomic mass is 10.1. The number of hydrogen-bond acceptors (Lipinski definition) is 3. The fourth-order valence-corrected chi connectivity index (χ4v) is 1.82. The predicted octanol–water partition coefficient (Wildman–Crippen LogP) is 2.25. The molecule has 0 aliphatic carbocycles. The van der Waals surface area contributed by atoms with Gasteiger partial charge in [0.15, 0.2) is 0 Å². The van der Waals surface area contributed by atoms with E-state index in [1.807, 2.05) is 0 Å². The summed E-state index contributed by atoms with van der Waals surface area (Å²) in [6.07, 6.45) is 4.77. The Bertz CT molecular complexity index is 153. The zero-order valence-electron chi connectivity index (χ0n) is 11.5. The fourth-order valence-electron chi connectivity index (χ4n) is 1.82. The van der Waals surface area contributed by atoms with Crippen molar-refractivity contribution in [2.75, 3.05) is 26.8 Å². The molecule has 0 radical (unpaired) electrons. The summed E-state index contributed by atoms with van der Waals surface area (Å²) in [6.45, 7) is 9.49. The summed E-state index contributed by atoms with van der Waals surface area (Å²) in [5.74, 6) is 0. The van der Waals surface area contributed by atoms with Gasteiger partial charge in [0, 0.05) is 32.3 Å². The van der Waals surface area contributed by atoms with Gasteiger partial charge in [-0.2, -0.15) is 0 Å². The van der Waals surface area contributed by atoms with Crippen LogP contribution in [0.4, 0.5) is 0 Å². The second kappa shape index (κ2) is 10.1. The Hall–Kier alpha value is -0.120. The largest absolute Gasteiger partial charge is 0.383 e. The van der Waals surface area contributed by atoms with Crippen LogP contribution in [0.1, 0.15) is 46.5 Å². The highest BCUT2D eigenvalue weighted by Gasteiger charge is 2.14. The molecule has 2 unspecified atom stereocenters. The van der Waals surface area contributed by atoms with E-state index in [9.17, 15) is 0 Å². The van der Waals surface area contributed by atoms with Crippen LogP contribution in [0, 0.1) is 0 Å². The summed E-state index contributed by atoms with van der Waals surface area (Å²) in [7, 11) is 1.76. The number of ether oxygens (including phenoxy) is 1. The van der Waals surface area contributed by atoms with Gasteiger partial charge in [0.2, 0.25) is 0 Å². The third-order valence-electron chi connectivity index (χ3n) is 3.19. The van der Waals surface area contributed by atoms with Crippen LogP contribution in [0.2, 0.25) is 0 Å². The molecule has 3 nitrogen and oxygen atoms in total. The molecule has 2 N–H and O–H groups in total. The Balaban J connectivity index is 3.97. The molecule has 0 aromatic heterocycles. The minimum Gasteiger partial charge on any atom is -0.383 e. The first-order chi connectivity index (χ1) is 7.65. The van der Waals surface area contributed by atoms with Gasteiger partial charge in [-0.25, -0.2) is 0 Å². The van der Waals surface area contributed by atoms with E-state index in [1.54, 1.807) is 7.11 Å². The van der Waals surface area contributed by atoms with Gasteiger partial charge >= 0.3 is 0 Å². The molecule has 0 aromatic rings. The van der Waals surface area contributed by atoms with Gasteiger partial charge in [-0.15, -0.1) is 0 Å². The molecule has 0 spiro atoms. The Labute approximate surface area is 101 Å². The van der Waals surface area contributed by atoms with Crippen molar-refractivity contribution < 1.29 is 4.74 Å². The van der Waals surface area contributed by atoms with E-state index in [1.165, 1.54) is 19.3 Å². The van der Waals surface area contributed by atoms with Crippen LogP contribution >= 0.6 is 0 Å². The number of nitrogens with two attached hydrogens (primary N) is 1. The zero-order chi connectivity index (χ0) is 12.4. The highest BCUT2D eigenvalue weighted by atomic mass is 16.5. The smallest absolute Gasteiger partial charge is 0.0589 e. The predicted molar refractivity (Wildman–Crippen MR) is 70.7 cm³/mol. The molecular weight excluding hydrogens is 200 g/mol. The van der Waals surface area contributed by atoms with Gasteiger partial charge in [0.1, 0.15) is 0 Å². The Morgan fingerprint density at radius 1 is 1.31 bits per heavy atom. The normalized spacial score (nSPS) is 15.4. The molecule has 0 aliphatic heterocycles. The monoisotopic (exact) mass is 230 g/mol. The minimum atomic E-state index is 0.311. The Morgan fingerprint density at radius 3 is 2.50 bits per heavy atom. The van der Waals surface area contributed by atoms with Crippen molar-refractivity contribution >= 4 is 0 Å². The van der Waals surface area contributed by atoms with Crippen LogP contribution in [0.5, 0.6) is 0 Å². The minimum absolute atomic E-state index is 0.311. The van der Waals surface area contributed by atoms with E-state index < -0.39 is 0 Å². The average Bonchev–Trinajstić information content (AvgIpc) is 2.30. The maximum atomic E-state index is 6.14. The van der Waals surface area contributed by atoms with Crippen LogP contribution in [0.15, 0.2) is 0 Å². The summed E-state index contributed by atoms with van der Waals surface area (Å²) < 4.78 is 5.15. The molecule has 16 heavy (non-hydrogen) atoms. The Morgan fingerprint density at radius 2 is 2.00 bits per heavy atom. The van der Waals surface area contributed by atoms with Crippen LogP contribution < -0.4 is 5.73 Å². The fraction of sp³-hybridized carbons (Fsp3) is 1.00. The van der Waals surface area contributed by atoms with E-state index >= 15 is 0 Å². The van der Waals surface area contributed by atoms with Crippen LogP contribution in [0.25, 0.3) is 0 Å². The first-order valence-corrected chi connectivity index (χ1v) is 6.64. The molecule has 0 aromatic carbocycles. The molecule has 0 heterocycles. The molecule has 0 bridgehead atoms. The van der Waals surface area contributed by atoms with Crippen molar-refractivity contribution in [2.45, 2.75) is 58.5 Å². The second-order valence-electron chi connectivity index (χ2n) is 4.65. The molecule has 0 fully saturated rings. The second-order valence-corrected chi connectivity index (χ2v) is 4.65. The van der Waals surface area contributed by atoms with Gasteiger partial charge < -0.3 is 10.5 Å². The molecule has 98 valence electrons. The molecule has 0 aliphatic rings. The van der Waals surface area contributed by atoms with E-state index in [4.69, 9.17) is 10.5 Å². The van der Waals surface area contributed by atoms with E-state index in [-0.39, 0.29) is 0 Å².